The predicted octanol–water partition coefficient (Wildman–Crippen LogP) is 4.46. The van der Waals surface area contributed by atoms with Crippen molar-refractivity contribution in [2.75, 3.05) is 6.54 Å². The molecule has 0 aromatic heterocycles. The summed E-state index contributed by atoms with van der Waals surface area (Å²) < 4.78 is 0. The summed E-state index contributed by atoms with van der Waals surface area (Å²) in [6.07, 6.45) is 10.7. The number of terminal acetylenes is 1. The summed E-state index contributed by atoms with van der Waals surface area (Å²) in [5.41, 5.74) is 2.01. The van der Waals surface area contributed by atoms with Gasteiger partial charge in [0, 0.05) is 24.4 Å². The van der Waals surface area contributed by atoms with Crippen LogP contribution in [0.3, 0.4) is 0 Å². The van der Waals surface area contributed by atoms with Crippen molar-refractivity contribution in [3.63, 3.8) is 0 Å². The monoisotopic (exact) mass is 290 g/mol. The first-order valence-electron chi connectivity index (χ1n) is 8.21. The van der Waals surface area contributed by atoms with Crippen LogP contribution >= 0.6 is 0 Å². The fourth-order valence-electron chi connectivity index (χ4n) is 2.15. The molecule has 0 spiro atoms. The first kappa shape index (κ1) is 19.6. The van der Waals surface area contributed by atoms with Crippen molar-refractivity contribution in [3.8, 4) is 12.3 Å². The quantitative estimate of drug-likeness (QED) is 0.519. The van der Waals surface area contributed by atoms with E-state index in [2.05, 4.69) is 57.4 Å². The second kappa shape index (κ2) is 11.3. The fraction of sp³-hybridized carbons (Fsp3) is 0.684. The summed E-state index contributed by atoms with van der Waals surface area (Å²) in [6, 6.07) is 0.0753. The van der Waals surface area contributed by atoms with E-state index >= 15 is 0 Å². The van der Waals surface area contributed by atoms with Gasteiger partial charge in [0.15, 0.2) is 0 Å². The van der Waals surface area contributed by atoms with Gasteiger partial charge < -0.3 is 10.6 Å². The molecule has 0 heterocycles. The molecule has 2 unspecified atom stereocenters. The van der Waals surface area contributed by atoms with Gasteiger partial charge in [-0.25, -0.2) is 0 Å². The van der Waals surface area contributed by atoms with Gasteiger partial charge in [-0.15, -0.1) is 12.3 Å². The third-order valence-corrected chi connectivity index (χ3v) is 3.59. The molecule has 0 aliphatic rings. The van der Waals surface area contributed by atoms with E-state index in [-0.39, 0.29) is 6.04 Å². The first-order valence-corrected chi connectivity index (χ1v) is 8.21. The minimum absolute atomic E-state index is 0.0753. The van der Waals surface area contributed by atoms with Crippen LogP contribution in [0, 0.1) is 24.2 Å². The van der Waals surface area contributed by atoms with Crippen LogP contribution in [-0.2, 0) is 0 Å². The highest BCUT2D eigenvalue weighted by atomic mass is 15.0. The number of nitrogens with one attached hydrogen (secondary N) is 2. The van der Waals surface area contributed by atoms with Crippen LogP contribution < -0.4 is 10.6 Å². The van der Waals surface area contributed by atoms with Crippen LogP contribution in [0.25, 0.3) is 0 Å². The Hall–Kier alpha value is -1.36. The van der Waals surface area contributed by atoms with Crippen LogP contribution in [0.4, 0.5) is 0 Å². The zero-order valence-corrected chi connectivity index (χ0v) is 14.5. The minimum Gasteiger partial charge on any atom is -0.387 e. The molecular formula is C19H34N2. The number of allylic oxidation sites excluding steroid dienone is 1. The Morgan fingerprint density at radius 2 is 1.86 bits per heavy atom. The highest BCUT2D eigenvalue weighted by Crippen LogP contribution is 2.12. The van der Waals surface area contributed by atoms with Gasteiger partial charge in [0.05, 0.1) is 6.04 Å². The Balaban J connectivity index is 4.23. The van der Waals surface area contributed by atoms with E-state index in [9.17, 15) is 0 Å². The zero-order chi connectivity index (χ0) is 16.3. The van der Waals surface area contributed by atoms with Gasteiger partial charge in [-0.2, -0.15) is 0 Å². The minimum atomic E-state index is 0.0753. The van der Waals surface area contributed by atoms with E-state index in [1.54, 1.807) is 0 Å². The molecule has 0 radical (unpaired) electrons. The number of rotatable bonds is 12. The lowest BCUT2D eigenvalue weighted by Crippen LogP contribution is -2.36. The Kier molecular flexibility index (Phi) is 10.6. The van der Waals surface area contributed by atoms with Crippen LogP contribution in [0.15, 0.2) is 24.6 Å². The van der Waals surface area contributed by atoms with Gasteiger partial charge in [-0.1, -0.05) is 53.7 Å². The summed E-state index contributed by atoms with van der Waals surface area (Å²) in [7, 11) is 0. The van der Waals surface area contributed by atoms with Crippen molar-refractivity contribution in [1.29, 1.82) is 0 Å². The Bertz CT molecular complexity index is 349. The van der Waals surface area contributed by atoms with E-state index in [1.807, 2.05) is 0 Å². The Morgan fingerprint density at radius 1 is 1.19 bits per heavy atom. The molecule has 0 saturated heterocycles. The van der Waals surface area contributed by atoms with Gasteiger partial charge in [0.25, 0.3) is 0 Å². The highest BCUT2D eigenvalue weighted by molar-refractivity contribution is 5.12. The zero-order valence-electron chi connectivity index (χ0n) is 14.5. The van der Waals surface area contributed by atoms with Crippen molar-refractivity contribution in [2.45, 2.75) is 65.8 Å². The summed E-state index contributed by atoms with van der Waals surface area (Å²) in [4.78, 5) is 0. The van der Waals surface area contributed by atoms with E-state index in [0.29, 0.717) is 12.3 Å². The molecule has 0 saturated carbocycles. The van der Waals surface area contributed by atoms with Crippen molar-refractivity contribution in [2.24, 2.45) is 11.8 Å². The van der Waals surface area contributed by atoms with E-state index < -0.39 is 0 Å². The first-order chi connectivity index (χ1) is 9.90. The summed E-state index contributed by atoms with van der Waals surface area (Å²) in [5, 5.41) is 6.84. The van der Waals surface area contributed by atoms with E-state index in [0.717, 1.165) is 36.7 Å². The lowest BCUT2D eigenvalue weighted by atomic mass is 9.99. The molecule has 0 aromatic carbocycles. The Morgan fingerprint density at radius 3 is 2.38 bits per heavy atom. The molecule has 0 fully saturated rings. The van der Waals surface area contributed by atoms with Crippen molar-refractivity contribution in [1.82, 2.24) is 10.6 Å². The van der Waals surface area contributed by atoms with Crippen molar-refractivity contribution < 1.29 is 0 Å². The summed E-state index contributed by atoms with van der Waals surface area (Å²) >= 11 is 0. The maximum absolute atomic E-state index is 5.47. The van der Waals surface area contributed by atoms with Crippen LogP contribution in [0.2, 0.25) is 0 Å². The molecule has 0 aromatic rings. The maximum Gasteiger partial charge on any atom is 0.0759 e. The molecule has 2 nitrogen and oxygen atoms in total. The molecule has 0 bridgehead atoms. The summed E-state index contributed by atoms with van der Waals surface area (Å²) in [6.45, 7) is 18.1. The normalized spacial score (nSPS) is 13.3. The second-order valence-electron chi connectivity index (χ2n) is 6.44. The Labute approximate surface area is 132 Å². The third-order valence-electron chi connectivity index (χ3n) is 3.59. The van der Waals surface area contributed by atoms with Crippen LogP contribution in [0.5, 0.6) is 0 Å². The van der Waals surface area contributed by atoms with Gasteiger partial charge in [-0.05, 0) is 24.7 Å². The van der Waals surface area contributed by atoms with Crippen LogP contribution in [-0.4, -0.2) is 12.6 Å². The maximum atomic E-state index is 5.47. The topological polar surface area (TPSA) is 24.1 Å². The molecule has 0 rings (SSSR count). The lowest BCUT2D eigenvalue weighted by molar-refractivity contribution is 0.431. The number of hydrogen-bond donors (Lipinski definition) is 2. The molecule has 0 aliphatic carbocycles. The molecule has 2 N–H and O–H groups in total. The average Bonchev–Trinajstić information content (AvgIpc) is 2.42. The lowest BCUT2D eigenvalue weighted by Gasteiger charge is -2.24. The van der Waals surface area contributed by atoms with Gasteiger partial charge in [0.1, 0.15) is 0 Å². The smallest absolute Gasteiger partial charge is 0.0759 e. The average molecular weight is 290 g/mol. The molecule has 0 aliphatic heterocycles. The van der Waals surface area contributed by atoms with Gasteiger partial charge in [-0.3, -0.25) is 0 Å². The van der Waals surface area contributed by atoms with Gasteiger partial charge in [0.2, 0.25) is 0 Å². The number of hydrogen-bond acceptors (Lipinski definition) is 2. The summed E-state index contributed by atoms with van der Waals surface area (Å²) in [5.74, 6) is 4.13. The predicted molar refractivity (Wildman–Crippen MR) is 94.8 cm³/mol. The van der Waals surface area contributed by atoms with Crippen LogP contribution in [0.1, 0.15) is 59.8 Å². The SMILES string of the molecule is C#CCC(NC(=C)CCC)C(=C)NCC(C)CCC(C)C. The van der Waals surface area contributed by atoms with Crippen molar-refractivity contribution in [3.05, 3.63) is 24.6 Å². The largest absolute Gasteiger partial charge is 0.387 e. The van der Waals surface area contributed by atoms with E-state index in [4.69, 9.17) is 6.42 Å². The molecule has 2 heteroatoms. The molecule has 0 amide bonds. The molecule has 120 valence electrons. The van der Waals surface area contributed by atoms with Gasteiger partial charge >= 0.3 is 0 Å². The standard InChI is InChI=1S/C19H34N2/c1-8-10-17(6)21-19(11-9-2)18(7)20-14-16(5)13-12-15(3)4/h2,15-16,19-21H,6-8,10-14H2,1,3-5H3. The highest BCUT2D eigenvalue weighted by Gasteiger charge is 2.13. The van der Waals surface area contributed by atoms with E-state index in [1.165, 1.54) is 12.8 Å². The molecule has 21 heavy (non-hydrogen) atoms. The molecular weight excluding hydrogens is 256 g/mol. The fourth-order valence-corrected chi connectivity index (χ4v) is 2.15. The molecule has 2 atom stereocenters. The van der Waals surface area contributed by atoms with Crippen molar-refractivity contribution >= 4 is 0 Å². The third kappa shape index (κ3) is 10.1. The second-order valence-corrected chi connectivity index (χ2v) is 6.44.